The van der Waals surface area contributed by atoms with Gasteiger partial charge in [0.25, 0.3) is 0 Å². The minimum atomic E-state index is -0.181. The fourth-order valence-electron chi connectivity index (χ4n) is 2.43. The molecule has 0 bridgehead atoms. The summed E-state index contributed by atoms with van der Waals surface area (Å²) in [6, 6.07) is 9.77. The number of unbranched alkanes of at least 4 members (excludes halogenated alkanes) is 5. The van der Waals surface area contributed by atoms with E-state index in [4.69, 9.17) is 0 Å². The van der Waals surface area contributed by atoms with E-state index in [-0.39, 0.29) is 18.6 Å². The summed E-state index contributed by atoms with van der Waals surface area (Å²) in [5.74, 6) is 0.0560. The average Bonchev–Trinajstić information content (AvgIpc) is 2.51. The van der Waals surface area contributed by atoms with Crippen molar-refractivity contribution in [3.63, 3.8) is 0 Å². The minimum Gasteiger partial charge on any atom is -0.394 e. The van der Waals surface area contributed by atoms with E-state index >= 15 is 0 Å². The third-order valence-electron chi connectivity index (χ3n) is 3.67. The SMILES string of the molecule is CCCCCCCCC(=O)NC(CO)Cc1ccccc1. The third kappa shape index (κ3) is 8.51. The van der Waals surface area contributed by atoms with E-state index < -0.39 is 0 Å². The smallest absolute Gasteiger partial charge is 0.220 e. The quantitative estimate of drug-likeness (QED) is 0.613. The fraction of sp³-hybridized carbons (Fsp3) is 0.611. The largest absolute Gasteiger partial charge is 0.394 e. The van der Waals surface area contributed by atoms with E-state index in [1.54, 1.807) is 0 Å². The van der Waals surface area contributed by atoms with E-state index in [1.807, 2.05) is 30.3 Å². The van der Waals surface area contributed by atoms with Crippen molar-refractivity contribution in [2.75, 3.05) is 6.61 Å². The molecule has 0 saturated carbocycles. The molecule has 1 unspecified atom stereocenters. The summed E-state index contributed by atoms with van der Waals surface area (Å²) in [7, 11) is 0. The molecule has 0 aliphatic heterocycles. The van der Waals surface area contributed by atoms with Crippen molar-refractivity contribution in [3.05, 3.63) is 35.9 Å². The molecule has 0 aromatic heterocycles. The Bertz CT molecular complexity index is 378. The van der Waals surface area contributed by atoms with Crippen LogP contribution in [0.15, 0.2) is 30.3 Å². The topological polar surface area (TPSA) is 49.3 Å². The number of aliphatic hydroxyl groups is 1. The monoisotopic (exact) mass is 291 g/mol. The first kappa shape index (κ1) is 17.7. The number of carbonyl (C=O) groups excluding carboxylic acids is 1. The molecule has 0 heterocycles. The van der Waals surface area contributed by atoms with Crippen molar-refractivity contribution in [2.24, 2.45) is 0 Å². The number of aliphatic hydroxyl groups excluding tert-OH is 1. The number of rotatable bonds is 11. The Morgan fingerprint density at radius 1 is 1.10 bits per heavy atom. The lowest BCUT2D eigenvalue weighted by Gasteiger charge is -2.16. The summed E-state index contributed by atoms with van der Waals surface area (Å²) in [5.41, 5.74) is 1.14. The molecule has 1 atom stereocenters. The Labute approximate surface area is 128 Å². The molecule has 0 radical (unpaired) electrons. The highest BCUT2D eigenvalue weighted by Gasteiger charge is 2.11. The van der Waals surface area contributed by atoms with E-state index in [0.717, 1.165) is 18.4 Å². The molecule has 0 spiro atoms. The van der Waals surface area contributed by atoms with Crippen LogP contribution in [0, 0.1) is 0 Å². The van der Waals surface area contributed by atoms with Crippen LogP contribution < -0.4 is 5.32 Å². The van der Waals surface area contributed by atoms with Crippen molar-refractivity contribution in [2.45, 2.75) is 64.3 Å². The van der Waals surface area contributed by atoms with Crippen LogP contribution >= 0.6 is 0 Å². The summed E-state index contributed by atoms with van der Waals surface area (Å²) in [6.07, 6.45) is 8.33. The maximum atomic E-state index is 11.9. The number of carbonyl (C=O) groups is 1. The van der Waals surface area contributed by atoms with Crippen molar-refractivity contribution >= 4 is 5.91 Å². The van der Waals surface area contributed by atoms with Crippen molar-refractivity contribution < 1.29 is 9.90 Å². The molecule has 1 rings (SSSR count). The van der Waals surface area contributed by atoms with E-state index in [0.29, 0.717) is 12.8 Å². The van der Waals surface area contributed by atoms with Gasteiger partial charge < -0.3 is 10.4 Å². The molecule has 1 amide bonds. The number of hydrogen-bond acceptors (Lipinski definition) is 2. The highest BCUT2D eigenvalue weighted by Crippen LogP contribution is 2.07. The van der Waals surface area contributed by atoms with Gasteiger partial charge in [-0.1, -0.05) is 69.4 Å². The zero-order valence-corrected chi connectivity index (χ0v) is 13.2. The normalized spacial score (nSPS) is 12.1. The molecule has 1 aromatic carbocycles. The Hall–Kier alpha value is -1.35. The Kier molecular flexibility index (Phi) is 9.55. The van der Waals surface area contributed by atoms with Gasteiger partial charge in [0.05, 0.1) is 12.6 Å². The van der Waals surface area contributed by atoms with Gasteiger partial charge >= 0.3 is 0 Å². The highest BCUT2D eigenvalue weighted by atomic mass is 16.3. The number of hydrogen-bond donors (Lipinski definition) is 2. The minimum absolute atomic E-state index is 0.0167. The van der Waals surface area contributed by atoms with Gasteiger partial charge in [-0.2, -0.15) is 0 Å². The first-order valence-corrected chi connectivity index (χ1v) is 8.20. The van der Waals surface area contributed by atoms with Crippen LogP contribution in [0.3, 0.4) is 0 Å². The van der Waals surface area contributed by atoms with E-state index in [2.05, 4.69) is 12.2 Å². The van der Waals surface area contributed by atoms with Crippen LogP contribution in [0.1, 0.15) is 57.4 Å². The number of amides is 1. The van der Waals surface area contributed by atoms with Crippen LogP contribution in [0.5, 0.6) is 0 Å². The molecule has 0 fully saturated rings. The van der Waals surface area contributed by atoms with Gasteiger partial charge in [0, 0.05) is 6.42 Å². The summed E-state index contributed by atoms with van der Waals surface area (Å²) >= 11 is 0. The predicted octanol–water partition coefficient (Wildman–Crippen LogP) is 3.46. The average molecular weight is 291 g/mol. The van der Waals surface area contributed by atoms with Crippen LogP contribution in [0.25, 0.3) is 0 Å². The van der Waals surface area contributed by atoms with Gasteiger partial charge in [0.1, 0.15) is 0 Å². The lowest BCUT2D eigenvalue weighted by molar-refractivity contribution is -0.122. The number of nitrogens with one attached hydrogen (secondary N) is 1. The van der Waals surface area contributed by atoms with Gasteiger partial charge in [0.15, 0.2) is 0 Å². The van der Waals surface area contributed by atoms with Gasteiger partial charge in [-0.15, -0.1) is 0 Å². The van der Waals surface area contributed by atoms with Gasteiger partial charge in [-0.3, -0.25) is 4.79 Å². The zero-order valence-electron chi connectivity index (χ0n) is 13.2. The van der Waals surface area contributed by atoms with Crippen molar-refractivity contribution in [3.8, 4) is 0 Å². The Balaban J connectivity index is 2.19. The highest BCUT2D eigenvalue weighted by molar-refractivity contribution is 5.76. The summed E-state index contributed by atoms with van der Waals surface area (Å²) in [5, 5.41) is 12.3. The molecule has 21 heavy (non-hydrogen) atoms. The maximum absolute atomic E-state index is 11.9. The third-order valence-corrected chi connectivity index (χ3v) is 3.67. The van der Waals surface area contributed by atoms with E-state index in [9.17, 15) is 9.90 Å². The molecular formula is C18H29NO2. The Morgan fingerprint density at radius 2 is 1.76 bits per heavy atom. The summed E-state index contributed by atoms with van der Waals surface area (Å²) in [4.78, 5) is 11.9. The van der Waals surface area contributed by atoms with Gasteiger partial charge in [-0.25, -0.2) is 0 Å². The second kappa shape index (κ2) is 11.3. The van der Waals surface area contributed by atoms with Crippen molar-refractivity contribution in [1.29, 1.82) is 0 Å². The zero-order chi connectivity index (χ0) is 15.3. The van der Waals surface area contributed by atoms with Crippen LogP contribution in [-0.2, 0) is 11.2 Å². The standard InChI is InChI=1S/C18H29NO2/c1-2-3-4-5-6-10-13-18(21)19-17(15-20)14-16-11-8-7-9-12-16/h7-9,11-12,17,20H,2-6,10,13-15H2,1H3,(H,19,21). The lowest BCUT2D eigenvalue weighted by atomic mass is 10.1. The van der Waals surface area contributed by atoms with Gasteiger partial charge in [-0.05, 0) is 18.4 Å². The molecular weight excluding hydrogens is 262 g/mol. The second-order valence-corrected chi connectivity index (χ2v) is 5.65. The van der Waals surface area contributed by atoms with Crippen LogP contribution in [-0.4, -0.2) is 23.7 Å². The van der Waals surface area contributed by atoms with Gasteiger partial charge in [0.2, 0.25) is 5.91 Å². The van der Waals surface area contributed by atoms with Crippen LogP contribution in [0.4, 0.5) is 0 Å². The van der Waals surface area contributed by atoms with E-state index in [1.165, 1.54) is 25.7 Å². The first-order chi connectivity index (χ1) is 10.3. The molecule has 1 aromatic rings. The fourth-order valence-corrected chi connectivity index (χ4v) is 2.43. The maximum Gasteiger partial charge on any atom is 0.220 e. The molecule has 3 nitrogen and oxygen atoms in total. The first-order valence-electron chi connectivity index (χ1n) is 8.20. The predicted molar refractivity (Wildman–Crippen MR) is 87.2 cm³/mol. The molecule has 3 heteroatoms. The lowest BCUT2D eigenvalue weighted by Crippen LogP contribution is -2.38. The number of benzene rings is 1. The molecule has 0 saturated heterocycles. The molecule has 2 N–H and O–H groups in total. The summed E-state index contributed by atoms with van der Waals surface area (Å²) < 4.78 is 0. The van der Waals surface area contributed by atoms with Crippen molar-refractivity contribution in [1.82, 2.24) is 5.32 Å². The molecule has 0 aliphatic carbocycles. The molecule has 118 valence electrons. The Morgan fingerprint density at radius 3 is 2.43 bits per heavy atom. The second-order valence-electron chi connectivity index (χ2n) is 5.65. The molecule has 0 aliphatic rings. The summed E-state index contributed by atoms with van der Waals surface area (Å²) in [6.45, 7) is 2.19. The van der Waals surface area contributed by atoms with Crippen LogP contribution in [0.2, 0.25) is 0 Å².